The summed E-state index contributed by atoms with van der Waals surface area (Å²) >= 11 is 0. The summed E-state index contributed by atoms with van der Waals surface area (Å²) in [5.74, 6) is 0.447. The highest BCUT2D eigenvalue weighted by molar-refractivity contribution is 5.91. The molecule has 2 rings (SSSR count). The predicted octanol–water partition coefficient (Wildman–Crippen LogP) is 2.01. The summed E-state index contributed by atoms with van der Waals surface area (Å²) in [6.07, 6.45) is 1.84. The van der Waals surface area contributed by atoms with Crippen LogP contribution in [0, 0.1) is 0 Å². The van der Waals surface area contributed by atoms with E-state index in [1.807, 2.05) is 6.07 Å². The molecule has 0 saturated heterocycles. The number of carbonyl (C=O) groups is 1. The molecule has 0 atom stereocenters. The van der Waals surface area contributed by atoms with Gasteiger partial charge in [-0.2, -0.15) is 0 Å². The van der Waals surface area contributed by atoms with Crippen molar-refractivity contribution in [2.45, 2.75) is 25.2 Å². The number of benzene rings is 1. The van der Waals surface area contributed by atoms with Crippen molar-refractivity contribution in [3.63, 3.8) is 0 Å². The van der Waals surface area contributed by atoms with E-state index in [1.165, 1.54) is 0 Å². The molecule has 0 radical (unpaired) electrons. The smallest absolute Gasteiger partial charge is 0.140 e. The summed E-state index contributed by atoms with van der Waals surface area (Å²) in [7, 11) is 0. The van der Waals surface area contributed by atoms with Crippen molar-refractivity contribution in [3.05, 3.63) is 29.8 Å². The third kappa shape index (κ3) is 1.22. The van der Waals surface area contributed by atoms with Crippen molar-refractivity contribution in [1.82, 2.24) is 0 Å². The topological polar surface area (TPSA) is 37.3 Å². The molecule has 1 aromatic carbocycles. The zero-order valence-electron chi connectivity index (χ0n) is 7.58. The molecule has 0 aromatic heterocycles. The maximum atomic E-state index is 11.4. The molecule has 1 aliphatic carbocycles. The maximum absolute atomic E-state index is 11.4. The molecule has 0 spiro atoms. The number of hydrogen-bond donors (Lipinski definition) is 1. The molecule has 2 nitrogen and oxygen atoms in total. The van der Waals surface area contributed by atoms with Gasteiger partial charge in [-0.25, -0.2) is 0 Å². The number of phenolic OH excluding ortho intramolecular Hbond substituents is 1. The largest absolute Gasteiger partial charge is 0.508 e. The number of ketones is 1. The predicted molar refractivity (Wildman–Crippen MR) is 49.7 cm³/mol. The first-order valence-electron chi connectivity index (χ1n) is 4.46. The highest BCUT2D eigenvalue weighted by Gasteiger charge is 2.48. The third-order valence-electron chi connectivity index (χ3n) is 2.82. The van der Waals surface area contributed by atoms with Gasteiger partial charge in [-0.15, -0.1) is 0 Å². The molecule has 0 aliphatic heterocycles. The Bertz CT molecular complexity index is 351. The minimum Gasteiger partial charge on any atom is -0.508 e. The lowest BCUT2D eigenvalue weighted by molar-refractivity contribution is -0.119. The summed E-state index contributed by atoms with van der Waals surface area (Å²) < 4.78 is 0. The second-order valence-electron chi connectivity index (χ2n) is 3.69. The molecule has 1 N–H and O–H groups in total. The first-order valence-corrected chi connectivity index (χ1v) is 4.46. The van der Waals surface area contributed by atoms with Crippen LogP contribution in [-0.4, -0.2) is 10.9 Å². The first kappa shape index (κ1) is 8.30. The van der Waals surface area contributed by atoms with E-state index < -0.39 is 0 Å². The Balaban J connectivity index is 2.41. The van der Waals surface area contributed by atoms with Gasteiger partial charge < -0.3 is 5.11 Å². The van der Waals surface area contributed by atoms with E-state index in [0.717, 1.165) is 18.4 Å². The van der Waals surface area contributed by atoms with Gasteiger partial charge >= 0.3 is 0 Å². The molecule has 0 amide bonds. The number of rotatable bonds is 2. The van der Waals surface area contributed by atoms with Gasteiger partial charge in [0, 0.05) is 0 Å². The zero-order valence-corrected chi connectivity index (χ0v) is 7.58. The maximum Gasteiger partial charge on any atom is 0.140 e. The van der Waals surface area contributed by atoms with E-state index >= 15 is 0 Å². The quantitative estimate of drug-likeness (QED) is 0.748. The highest BCUT2D eigenvalue weighted by Crippen LogP contribution is 2.49. The summed E-state index contributed by atoms with van der Waals surface area (Å²) in [6.45, 7) is 1.62. The summed E-state index contributed by atoms with van der Waals surface area (Å²) in [6, 6.07) is 7.01. The minimum atomic E-state index is -0.265. The fraction of sp³-hybridized carbons (Fsp3) is 0.364. The first-order chi connectivity index (χ1) is 6.15. The number of hydrogen-bond acceptors (Lipinski definition) is 2. The molecule has 1 saturated carbocycles. The lowest BCUT2D eigenvalue weighted by atomic mass is 9.92. The van der Waals surface area contributed by atoms with Crippen LogP contribution >= 0.6 is 0 Å². The Hall–Kier alpha value is -1.31. The van der Waals surface area contributed by atoms with Gasteiger partial charge in [-0.1, -0.05) is 12.1 Å². The minimum absolute atomic E-state index is 0.207. The van der Waals surface area contributed by atoms with E-state index in [2.05, 4.69) is 0 Å². The Labute approximate surface area is 77.2 Å². The highest BCUT2D eigenvalue weighted by atomic mass is 16.3. The average Bonchev–Trinajstić information content (AvgIpc) is 2.83. The third-order valence-corrected chi connectivity index (χ3v) is 2.82. The summed E-state index contributed by atoms with van der Waals surface area (Å²) in [5.41, 5.74) is 0.693. The van der Waals surface area contributed by atoms with E-state index in [1.54, 1.807) is 25.1 Å². The van der Waals surface area contributed by atoms with Gasteiger partial charge in [0.15, 0.2) is 0 Å². The molecule has 1 aliphatic rings. The van der Waals surface area contributed by atoms with E-state index in [9.17, 15) is 9.90 Å². The van der Waals surface area contributed by atoms with Gasteiger partial charge in [0.1, 0.15) is 11.5 Å². The zero-order chi connectivity index (χ0) is 9.47. The standard InChI is InChI=1S/C11H12O2/c1-8(12)11(5-6-11)9-3-2-4-10(13)7-9/h2-4,7,13H,5-6H2,1H3. The lowest BCUT2D eigenvalue weighted by Crippen LogP contribution is -2.16. The lowest BCUT2D eigenvalue weighted by Gasteiger charge is -2.11. The molecule has 0 unspecified atom stereocenters. The fourth-order valence-electron chi connectivity index (χ4n) is 1.77. The van der Waals surface area contributed by atoms with Crippen molar-refractivity contribution >= 4 is 5.78 Å². The van der Waals surface area contributed by atoms with Crippen LogP contribution in [0.15, 0.2) is 24.3 Å². The molecule has 0 bridgehead atoms. The normalized spacial score (nSPS) is 18.2. The van der Waals surface area contributed by atoms with Crippen LogP contribution in [0.5, 0.6) is 5.75 Å². The molecule has 13 heavy (non-hydrogen) atoms. The van der Waals surface area contributed by atoms with Crippen LogP contribution in [0.3, 0.4) is 0 Å². The van der Waals surface area contributed by atoms with Crippen LogP contribution in [0.4, 0.5) is 0 Å². The van der Waals surface area contributed by atoms with Crippen LogP contribution in [0.2, 0.25) is 0 Å². The number of Topliss-reactive ketones (excluding diaryl/α,β-unsaturated/α-hetero) is 1. The van der Waals surface area contributed by atoms with Crippen LogP contribution in [-0.2, 0) is 10.2 Å². The molecule has 1 fully saturated rings. The molecular weight excluding hydrogens is 164 g/mol. The second-order valence-corrected chi connectivity index (χ2v) is 3.69. The van der Waals surface area contributed by atoms with E-state index in [0.29, 0.717) is 0 Å². The summed E-state index contributed by atoms with van der Waals surface area (Å²) in [4.78, 5) is 11.4. The van der Waals surface area contributed by atoms with Gasteiger partial charge in [0.25, 0.3) is 0 Å². The van der Waals surface area contributed by atoms with Gasteiger partial charge in [0.2, 0.25) is 0 Å². The Kier molecular flexibility index (Phi) is 1.65. The van der Waals surface area contributed by atoms with Crippen molar-refractivity contribution < 1.29 is 9.90 Å². The van der Waals surface area contributed by atoms with Crippen molar-refractivity contribution in [1.29, 1.82) is 0 Å². The summed E-state index contributed by atoms with van der Waals surface area (Å²) in [5, 5.41) is 9.27. The molecule has 2 heteroatoms. The molecular formula is C11H12O2. The average molecular weight is 176 g/mol. The monoisotopic (exact) mass is 176 g/mol. The Morgan fingerprint density at radius 1 is 1.46 bits per heavy atom. The van der Waals surface area contributed by atoms with E-state index in [4.69, 9.17) is 0 Å². The number of aromatic hydroxyl groups is 1. The van der Waals surface area contributed by atoms with Crippen molar-refractivity contribution in [3.8, 4) is 5.75 Å². The van der Waals surface area contributed by atoms with Crippen LogP contribution in [0.25, 0.3) is 0 Å². The van der Waals surface area contributed by atoms with Crippen LogP contribution in [0.1, 0.15) is 25.3 Å². The second kappa shape index (κ2) is 2.59. The molecule has 1 aromatic rings. The number of carbonyl (C=O) groups excluding carboxylic acids is 1. The molecule has 0 heterocycles. The van der Waals surface area contributed by atoms with Crippen molar-refractivity contribution in [2.24, 2.45) is 0 Å². The van der Waals surface area contributed by atoms with Gasteiger partial charge in [-0.05, 0) is 37.5 Å². The van der Waals surface area contributed by atoms with Gasteiger partial charge in [0.05, 0.1) is 5.41 Å². The van der Waals surface area contributed by atoms with E-state index in [-0.39, 0.29) is 16.9 Å². The van der Waals surface area contributed by atoms with Crippen LogP contribution < -0.4 is 0 Å². The van der Waals surface area contributed by atoms with Gasteiger partial charge in [-0.3, -0.25) is 4.79 Å². The molecule has 68 valence electrons. The SMILES string of the molecule is CC(=O)C1(c2cccc(O)c2)CC1. The number of phenols is 1. The van der Waals surface area contributed by atoms with Crippen molar-refractivity contribution in [2.75, 3.05) is 0 Å². The Morgan fingerprint density at radius 2 is 2.15 bits per heavy atom. The Morgan fingerprint density at radius 3 is 2.62 bits per heavy atom. The fourth-order valence-corrected chi connectivity index (χ4v) is 1.77.